The highest BCUT2D eigenvalue weighted by Crippen LogP contribution is 2.64. The number of alkyl halides is 17. The maximum absolute atomic E-state index is 14.4. The van der Waals surface area contributed by atoms with E-state index in [1.165, 1.54) is 6.92 Å². The first-order chi connectivity index (χ1) is 19.5. The Bertz CT molecular complexity index is 1260. The molecule has 1 atom stereocenters. The SMILES string of the molecule is CCOC(=O)c1c(NC(=O)C(F)(F)C(F)(F)C(F)(F)C(F)(F)C(F)(F)C(F)(F)C(F)(F)C(F)(F)F)sc2c1CCC(CC)C2. The molecule has 1 N–H and O–H groups in total. The maximum Gasteiger partial charge on any atom is 0.460 e. The van der Waals surface area contributed by atoms with Crippen LogP contribution in [0.1, 0.15) is 47.5 Å². The molecule has 1 aliphatic rings. The number of hydrogen-bond acceptors (Lipinski definition) is 4. The summed E-state index contributed by atoms with van der Waals surface area (Å²) in [5.74, 6) is -63.8. The fourth-order valence-corrected chi connectivity index (χ4v) is 5.34. The molecule has 0 radical (unpaired) electrons. The maximum atomic E-state index is 14.4. The summed E-state index contributed by atoms with van der Waals surface area (Å²) in [6.07, 6.45) is -6.86. The fourth-order valence-electron chi connectivity index (χ4n) is 4.00. The summed E-state index contributed by atoms with van der Waals surface area (Å²) in [6, 6.07) is 0. The molecule has 1 aromatic rings. The number of nitrogens with one attached hydrogen (secondary N) is 1. The van der Waals surface area contributed by atoms with Crippen molar-refractivity contribution in [3.63, 3.8) is 0 Å². The van der Waals surface area contributed by atoms with E-state index in [0.29, 0.717) is 12.8 Å². The van der Waals surface area contributed by atoms with Crippen LogP contribution in [-0.4, -0.2) is 66.1 Å². The number of fused-ring (bicyclic) bond motifs is 1. The van der Waals surface area contributed by atoms with Crippen LogP contribution in [0.3, 0.4) is 0 Å². The quantitative estimate of drug-likeness (QED) is 0.187. The van der Waals surface area contributed by atoms with Crippen molar-refractivity contribution in [1.82, 2.24) is 0 Å². The Labute approximate surface area is 238 Å². The topological polar surface area (TPSA) is 55.4 Å². The van der Waals surface area contributed by atoms with Gasteiger partial charge in [-0.25, -0.2) is 4.79 Å². The Morgan fingerprint density at radius 1 is 0.750 bits per heavy atom. The molecule has 1 amide bonds. The molecule has 2 rings (SSSR count). The highest BCUT2D eigenvalue weighted by molar-refractivity contribution is 7.17. The Kier molecular flexibility index (Phi) is 9.71. The molecule has 1 aliphatic carbocycles. The average molecular weight is 699 g/mol. The van der Waals surface area contributed by atoms with E-state index in [9.17, 15) is 84.2 Å². The minimum Gasteiger partial charge on any atom is -0.462 e. The van der Waals surface area contributed by atoms with Crippen LogP contribution in [-0.2, 0) is 22.4 Å². The minimum absolute atomic E-state index is 0.0110. The van der Waals surface area contributed by atoms with Crippen molar-refractivity contribution >= 4 is 28.2 Å². The lowest BCUT2D eigenvalue weighted by atomic mass is 9.85. The summed E-state index contributed by atoms with van der Waals surface area (Å²) >= 11 is 0.260. The van der Waals surface area contributed by atoms with E-state index >= 15 is 0 Å². The largest absolute Gasteiger partial charge is 0.462 e. The lowest BCUT2D eigenvalue weighted by Crippen LogP contribution is -2.75. The second-order valence-corrected chi connectivity index (χ2v) is 10.5. The van der Waals surface area contributed by atoms with Crippen LogP contribution in [0.2, 0.25) is 0 Å². The number of ether oxygens (including phenoxy) is 1. The molecular weight excluding hydrogens is 681 g/mol. The van der Waals surface area contributed by atoms with Crippen molar-refractivity contribution in [1.29, 1.82) is 0 Å². The zero-order valence-electron chi connectivity index (χ0n) is 21.7. The van der Waals surface area contributed by atoms with Gasteiger partial charge in [0, 0.05) is 4.88 Å². The van der Waals surface area contributed by atoms with Crippen LogP contribution >= 0.6 is 11.3 Å². The Morgan fingerprint density at radius 2 is 1.20 bits per heavy atom. The molecule has 0 aromatic carbocycles. The zero-order valence-corrected chi connectivity index (χ0v) is 22.5. The summed E-state index contributed by atoms with van der Waals surface area (Å²) in [4.78, 5) is 24.7. The zero-order chi connectivity index (χ0) is 34.7. The van der Waals surface area contributed by atoms with Crippen molar-refractivity contribution in [3.05, 3.63) is 16.0 Å². The van der Waals surface area contributed by atoms with Gasteiger partial charge in [0.2, 0.25) is 0 Å². The molecule has 4 nitrogen and oxygen atoms in total. The van der Waals surface area contributed by atoms with E-state index in [2.05, 4.69) is 4.74 Å². The van der Waals surface area contributed by atoms with E-state index in [4.69, 9.17) is 0 Å². The third-order valence-corrected chi connectivity index (χ3v) is 7.83. The molecule has 0 saturated carbocycles. The number of thiophene rings is 1. The van der Waals surface area contributed by atoms with Gasteiger partial charge in [-0.05, 0) is 37.7 Å². The van der Waals surface area contributed by atoms with Gasteiger partial charge in [-0.2, -0.15) is 74.6 Å². The molecule has 0 aliphatic heterocycles. The van der Waals surface area contributed by atoms with Gasteiger partial charge < -0.3 is 10.1 Å². The van der Waals surface area contributed by atoms with Gasteiger partial charge in [-0.1, -0.05) is 13.3 Å². The smallest absolute Gasteiger partial charge is 0.460 e. The molecule has 254 valence electrons. The van der Waals surface area contributed by atoms with Crippen LogP contribution in [0.4, 0.5) is 79.6 Å². The molecule has 1 heterocycles. The average Bonchev–Trinajstić information content (AvgIpc) is 3.24. The highest BCUT2D eigenvalue weighted by atomic mass is 32.1. The molecule has 44 heavy (non-hydrogen) atoms. The standard InChI is InChI=1S/C22H18F17NO3S/c1-3-8-5-6-9-10(7-8)44-12(11(9)13(41)43-4-2)40-14(42)15(23,24)16(25,26)17(27,28)18(29,30)19(31,32)20(33,34)21(35,36)22(37,38)39/h8H,3-7H2,1-2H3,(H,40,42). The minimum atomic E-state index is -8.81. The number of hydrogen-bond donors (Lipinski definition) is 1. The van der Waals surface area contributed by atoms with Crippen molar-refractivity contribution in [2.75, 3.05) is 11.9 Å². The van der Waals surface area contributed by atoms with Crippen molar-refractivity contribution in [2.24, 2.45) is 5.92 Å². The predicted octanol–water partition coefficient (Wildman–Crippen LogP) is 8.39. The number of rotatable bonds is 11. The second kappa shape index (κ2) is 11.4. The molecule has 1 aromatic heterocycles. The van der Waals surface area contributed by atoms with Gasteiger partial charge in [-0.15, -0.1) is 11.3 Å². The number of halogens is 17. The molecule has 1 unspecified atom stereocenters. The second-order valence-electron chi connectivity index (χ2n) is 9.42. The fraction of sp³-hybridized carbons (Fsp3) is 0.727. The number of esters is 1. The molecular formula is C22H18F17NO3S. The highest BCUT2D eigenvalue weighted by Gasteiger charge is 2.95. The van der Waals surface area contributed by atoms with Crippen LogP contribution < -0.4 is 5.32 Å². The van der Waals surface area contributed by atoms with Gasteiger partial charge >= 0.3 is 59.5 Å². The van der Waals surface area contributed by atoms with Gasteiger partial charge in [-0.3, -0.25) is 4.79 Å². The summed E-state index contributed by atoms with van der Waals surface area (Å²) in [6.45, 7) is 2.57. The van der Waals surface area contributed by atoms with Gasteiger partial charge in [0.05, 0.1) is 12.2 Å². The number of carbonyl (C=O) groups excluding carboxylic acids is 2. The Morgan fingerprint density at radius 3 is 1.64 bits per heavy atom. The van der Waals surface area contributed by atoms with Crippen molar-refractivity contribution in [2.45, 2.75) is 87.2 Å². The lowest BCUT2D eigenvalue weighted by molar-refractivity contribution is -0.459. The molecule has 0 fully saturated rings. The van der Waals surface area contributed by atoms with E-state index in [-0.39, 0.29) is 40.5 Å². The van der Waals surface area contributed by atoms with Crippen LogP contribution in [0.15, 0.2) is 0 Å². The van der Waals surface area contributed by atoms with E-state index in [1.54, 1.807) is 6.92 Å². The van der Waals surface area contributed by atoms with E-state index in [0.717, 1.165) is 5.32 Å². The lowest BCUT2D eigenvalue weighted by Gasteiger charge is -2.42. The van der Waals surface area contributed by atoms with Crippen LogP contribution in [0.5, 0.6) is 0 Å². The first-order valence-electron chi connectivity index (χ1n) is 11.9. The summed E-state index contributed by atoms with van der Waals surface area (Å²) < 4.78 is 235. The van der Waals surface area contributed by atoms with E-state index < -0.39 is 76.7 Å². The molecule has 0 bridgehead atoms. The third kappa shape index (κ3) is 5.35. The molecule has 0 spiro atoms. The summed E-state index contributed by atoms with van der Waals surface area (Å²) in [5.41, 5.74) is -0.709. The van der Waals surface area contributed by atoms with Crippen molar-refractivity contribution in [3.8, 4) is 0 Å². The van der Waals surface area contributed by atoms with Gasteiger partial charge in [0.1, 0.15) is 5.00 Å². The first kappa shape index (κ1) is 37.6. The van der Waals surface area contributed by atoms with Crippen LogP contribution in [0.25, 0.3) is 0 Å². The third-order valence-electron chi connectivity index (χ3n) is 6.66. The number of anilines is 1. The number of carbonyl (C=O) groups is 2. The van der Waals surface area contributed by atoms with Crippen LogP contribution in [0, 0.1) is 5.92 Å². The predicted molar refractivity (Wildman–Crippen MR) is 115 cm³/mol. The summed E-state index contributed by atoms with van der Waals surface area (Å²) in [7, 11) is 0. The first-order valence-corrected chi connectivity index (χ1v) is 12.7. The van der Waals surface area contributed by atoms with E-state index in [1.807, 2.05) is 0 Å². The molecule has 22 heteroatoms. The Hall–Kier alpha value is -2.55. The van der Waals surface area contributed by atoms with Gasteiger partial charge in [0.15, 0.2) is 0 Å². The number of amides is 1. The molecule has 0 saturated heterocycles. The summed E-state index contributed by atoms with van der Waals surface area (Å²) in [5, 5.41) is -0.192. The normalized spacial score (nSPS) is 17.8. The monoisotopic (exact) mass is 699 g/mol. The van der Waals surface area contributed by atoms with Gasteiger partial charge in [0.25, 0.3) is 0 Å². The van der Waals surface area contributed by atoms with Crippen molar-refractivity contribution < 1.29 is 89.0 Å². The Balaban J connectivity index is 2.59.